The number of aliphatic hydroxyl groups is 1. The summed E-state index contributed by atoms with van der Waals surface area (Å²) in [5, 5.41) is 9.78. The van der Waals surface area contributed by atoms with Gasteiger partial charge in [0.15, 0.2) is 11.5 Å². The molecule has 122 valence electrons. The molecule has 0 spiro atoms. The molecule has 0 unspecified atom stereocenters. The molecule has 0 aromatic heterocycles. The number of β-amino-alcohol motifs (C(OH)–C–C–N with tert-alkyl or cyclic N) is 1. The number of benzene rings is 1. The van der Waals surface area contributed by atoms with Gasteiger partial charge < -0.3 is 20.3 Å². The number of nitrogens with two attached hydrogens (primary N) is 1. The number of rotatable bonds is 7. The van der Waals surface area contributed by atoms with Crippen molar-refractivity contribution in [1.82, 2.24) is 4.90 Å². The summed E-state index contributed by atoms with van der Waals surface area (Å²) in [6, 6.07) is 3.95. The number of ether oxygens (including phenoxy) is 2. The molecule has 1 heterocycles. The smallest absolute Gasteiger partial charge is 0.164 e. The first-order valence-corrected chi connectivity index (χ1v) is 7.68. The Labute approximate surface area is 132 Å². The topological polar surface area (TPSA) is 68.0 Å². The molecule has 1 aromatic rings. The van der Waals surface area contributed by atoms with E-state index >= 15 is 0 Å². The largest absolute Gasteiger partial charge is 0.493 e. The predicted octanol–water partition coefficient (Wildman–Crippen LogP) is 1.33. The lowest BCUT2D eigenvalue weighted by molar-refractivity contribution is 0.164. The fourth-order valence-electron chi connectivity index (χ4n) is 2.90. The molecule has 0 bridgehead atoms. The van der Waals surface area contributed by atoms with E-state index < -0.39 is 6.10 Å². The van der Waals surface area contributed by atoms with Crippen molar-refractivity contribution in [2.75, 3.05) is 26.8 Å². The molecule has 2 atom stereocenters. The van der Waals surface area contributed by atoms with Crippen LogP contribution in [0.25, 0.3) is 0 Å². The van der Waals surface area contributed by atoms with Gasteiger partial charge in [0.25, 0.3) is 0 Å². The second-order valence-corrected chi connectivity index (χ2v) is 5.64. The molecule has 1 aliphatic rings. The second kappa shape index (κ2) is 7.63. The molecule has 1 fully saturated rings. The van der Waals surface area contributed by atoms with E-state index in [1.54, 1.807) is 7.11 Å². The molecule has 5 heteroatoms. The fourth-order valence-corrected chi connectivity index (χ4v) is 2.90. The lowest BCUT2D eigenvalue weighted by Gasteiger charge is -2.19. The molecular weight excluding hydrogens is 280 g/mol. The Bertz CT molecular complexity index is 509. The summed E-state index contributed by atoms with van der Waals surface area (Å²) in [5.74, 6) is 1.52. The van der Waals surface area contributed by atoms with Crippen molar-refractivity contribution in [3.63, 3.8) is 0 Å². The van der Waals surface area contributed by atoms with E-state index in [9.17, 15) is 5.11 Å². The van der Waals surface area contributed by atoms with Gasteiger partial charge in [-0.05, 0) is 25.0 Å². The lowest BCUT2D eigenvalue weighted by atomic mass is 10.1. The summed E-state index contributed by atoms with van der Waals surface area (Å²) in [6.07, 6.45) is 2.13. The average Bonchev–Trinajstić information content (AvgIpc) is 2.78. The SMILES string of the molecule is C=CCc1cc(CN2C[C@@H](N)[C@H](O)C2)cc(OCC)c1OC. The standard InChI is InChI=1S/C17H26N2O3/c1-4-6-13-7-12(8-16(22-5-2)17(13)21-3)9-19-10-14(18)15(20)11-19/h4,7-8,14-15,20H,1,5-6,9-11,18H2,2-3H3/t14-,15-/m1/s1. The zero-order valence-corrected chi connectivity index (χ0v) is 13.4. The highest BCUT2D eigenvalue weighted by Crippen LogP contribution is 2.34. The van der Waals surface area contributed by atoms with E-state index in [0.29, 0.717) is 19.7 Å². The van der Waals surface area contributed by atoms with Crippen LogP contribution < -0.4 is 15.2 Å². The van der Waals surface area contributed by atoms with Gasteiger partial charge in [-0.2, -0.15) is 0 Å². The van der Waals surface area contributed by atoms with Crippen molar-refractivity contribution < 1.29 is 14.6 Å². The van der Waals surface area contributed by atoms with Crippen molar-refractivity contribution in [3.8, 4) is 11.5 Å². The van der Waals surface area contributed by atoms with Gasteiger partial charge in [-0.15, -0.1) is 6.58 Å². The van der Waals surface area contributed by atoms with Crippen LogP contribution >= 0.6 is 0 Å². The number of aliphatic hydroxyl groups excluding tert-OH is 1. The molecule has 0 aliphatic carbocycles. The molecule has 0 amide bonds. The van der Waals surface area contributed by atoms with Crippen molar-refractivity contribution in [2.45, 2.75) is 32.0 Å². The highest BCUT2D eigenvalue weighted by atomic mass is 16.5. The van der Waals surface area contributed by atoms with Crippen LogP contribution in [0.4, 0.5) is 0 Å². The fraction of sp³-hybridized carbons (Fsp3) is 0.529. The maximum Gasteiger partial charge on any atom is 0.164 e. The number of nitrogens with zero attached hydrogens (tertiary/aromatic N) is 1. The summed E-state index contributed by atoms with van der Waals surface area (Å²) >= 11 is 0. The van der Waals surface area contributed by atoms with E-state index in [1.165, 1.54) is 0 Å². The van der Waals surface area contributed by atoms with E-state index in [-0.39, 0.29) is 6.04 Å². The molecule has 2 rings (SSSR count). The van der Waals surface area contributed by atoms with E-state index in [1.807, 2.05) is 19.1 Å². The van der Waals surface area contributed by atoms with Crippen molar-refractivity contribution in [3.05, 3.63) is 35.9 Å². The molecule has 1 saturated heterocycles. The van der Waals surface area contributed by atoms with Crippen molar-refractivity contribution in [1.29, 1.82) is 0 Å². The maximum atomic E-state index is 9.78. The van der Waals surface area contributed by atoms with Gasteiger partial charge in [0.1, 0.15) is 0 Å². The molecule has 0 radical (unpaired) electrons. The predicted molar refractivity (Wildman–Crippen MR) is 87.3 cm³/mol. The highest BCUT2D eigenvalue weighted by Gasteiger charge is 2.28. The minimum atomic E-state index is -0.447. The Balaban J connectivity index is 2.25. The third-order valence-electron chi connectivity index (χ3n) is 3.87. The minimum Gasteiger partial charge on any atom is -0.493 e. The Kier molecular flexibility index (Phi) is 5.83. The summed E-state index contributed by atoms with van der Waals surface area (Å²) in [7, 11) is 1.65. The Morgan fingerprint density at radius 2 is 2.23 bits per heavy atom. The molecule has 3 N–H and O–H groups in total. The van der Waals surface area contributed by atoms with Gasteiger partial charge in [-0.25, -0.2) is 0 Å². The van der Waals surface area contributed by atoms with Gasteiger partial charge in [0.05, 0.1) is 19.8 Å². The number of hydrogen-bond acceptors (Lipinski definition) is 5. The average molecular weight is 306 g/mol. The maximum absolute atomic E-state index is 9.78. The van der Waals surface area contributed by atoms with Crippen LogP contribution in [0.1, 0.15) is 18.1 Å². The molecular formula is C17H26N2O3. The lowest BCUT2D eigenvalue weighted by Crippen LogP contribution is -2.32. The molecule has 22 heavy (non-hydrogen) atoms. The van der Waals surface area contributed by atoms with Crippen LogP contribution in [-0.4, -0.2) is 49.0 Å². The van der Waals surface area contributed by atoms with E-state index in [4.69, 9.17) is 15.2 Å². The van der Waals surface area contributed by atoms with Crippen molar-refractivity contribution >= 4 is 0 Å². The van der Waals surface area contributed by atoms with Crippen molar-refractivity contribution in [2.24, 2.45) is 5.73 Å². The summed E-state index contributed by atoms with van der Waals surface area (Å²) < 4.78 is 11.2. The normalized spacial score (nSPS) is 21.8. The summed E-state index contributed by atoms with van der Waals surface area (Å²) in [6.45, 7) is 8.38. The quantitative estimate of drug-likeness (QED) is 0.744. The Morgan fingerprint density at radius 1 is 1.45 bits per heavy atom. The molecule has 1 aromatic carbocycles. The Morgan fingerprint density at radius 3 is 2.77 bits per heavy atom. The van der Waals surface area contributed by atoms with Gasteiger partial charge in [-0.1, -0.05) is 12.1 Å². The van der Waals surface area contributed by atoms with Crippen LogP contribution in [0.15, 0.2) is 24.8 Å². The first-order valence-electron chi connectivity index (χ1n) is 7.68. The third-order valence-corrected chi connectivity index (χ3v) is 3.87. The van der Waals surface area contributed by atoms with Crippen LogP contribution in [-0.2, 0) is 13.0 Å². The van der Waals surface area contributed by atoms with E-state index in [2.05, 4.69) is 17.5 Å². The van der Waals surface area contributed by atoms with Gasteiger partial charge in [0, 0.05) is 31.2 Å². The summed E-state index contributed by atoms with van der Waals surface area (Å²) in [4.78, 5) is 2.16. The zero-order valence-electron chi connectivity index (χ0n) is 13.4. The van der Waals surface area contributed by atoms with Gasteiger partial charge in [-0.3, -0.25) is 4.90 Å². The second-order valence-electron chi connectivity index (χ2n) is 5.64. The van der Waals surface area contributed by atoms with Gasteiger partial charge in [0.2, 0.25) is 0 Å². The molecule has 1 aliphatic heterocycles. The van der Waals surface area contributed by atoms with Gasteiger partial charge >= 0.3 is 0 Å². The summed E-state index contributed by atoms with van der Waals surface area (Å²) in [5.41, 5.74) is 8.06. The van der Waals surface area contributed by atoms with Crippen LogP contribution in [0.2, 0.25) is 0 Å². The highest BCUT2D eigenvalue weighted by molar-refractivity contribution is 5.50. The number of methoxy groups -OCH3 is 1. The third kappa shape index (κ3) is 3.80. The number of allylic oxidation sites excluding steroid dienone is 1. The molecule has 0 saturated carbocycles. The first-order chi connectivity index (χ1) is 10.6. The minimum absolute atomic E-state index is 0.169. The number of hydrogen-bond donors (Lipinski definition) is 2. The van der Waals surface area contributed by atoms with Crippen LogP contribution in [0, 0.1) is 0 Å². The molecule has 5 nitrogen and oxygen atoms in total. The van der Waals surface area contributed by atoms with Crippen LogP contribution in [0.3, 0.4) is 0 Å². The zero-order chi connectivity index (χ0) is 16.1. The monoisotopic (exact) mass is 306 g/mol. The number of likely N-dealkylation sites (tertiary alicyclic amines) is 1. The Hall–Kier alpha value is -1.56. The van der Waals surface area contributed by atoms with Crippen LogP contribution in [0.5, 0.6) is 11.5 Å². The van der Waals surface area contributed by atoms with E-state index in [0.717, 1.165) is 35.6 Å². The first kappa shape index (κ1) is 16.8.